The maximum atomic E-state index is 4.63. The predicted octanol–water partition coefficient (Wildman–Crippen LogP) is 2.33. The van der Waals surface area contributed by atoms with Crippen molar-refractivity contribution in [2.75, 3.05) is 11.4 Å². The van der Waals surface area contributed by atoms with Gasteiger partial charge in [0.2, 0.25) is 0 Å². The highest BCUT2D eigenvalue weighted by molar-refractivity contribution is 5.48. The summed E-state index contributed by atoms with van der Waals surface area (Å²) in [7, 11) is 0. The van der Waals surface area contributed by atoms with Crippen molar-refractivity contribution in [2.45, 2.75) is 51.6 Å². The molecule has 0 aromatic carbocycles. The lowest BCUT2D eigenvalue weighted by Gasteiger charge is -2.37. The van der Waals surface area contributed by atoms with E-state index in [0.29, 0.717) is 11.8 Å². The highest BCUT2D eigenvalue weighted by Gasteiger charge is 2.26. The van der Waals surface area contributed by atoms with Gasteiger partial charge in [-0.2, -0.15) is 19.7 Å². The third-order valence-corrected chi connectivity index (χ3v) is 4.67. The zero-order valence-corrected chi connectivity index (χ0v) is 14.0. The average molecular weight is 325 g/mol. The summed E-state index contributed by atoms with van der Waals surface area (Å²) in [6.45, 7) is 4.11. The minimum atomic E-state index is 0.419. The highest BCUT2D eigenvalue weighted by Crippen LogP contribution is 2.26. The molecule has 1 fully saturated rings. The molecule has 0 radical (unpaired) electrons. The third-order valence-electron chi connectivity index (χ3n) is 4.67. The lowest BCUT2D eigenvalue weighted by molar-refractivity contribution is 0.394. The van der Waals surface area contributed by atoms with E-state index in [9.17, 15) is 0 Å². The number of anilines is 1. The van der Waals surface area contributed by atoms with Crippen LogP contribution in [-0.2, 0) is 13.0 Å². The van der Waals surface area contributed by atoms with Gasteiger partial charge in [0, 0.05) is 36.7 Å². The van der Waals surface area contributed by atoms with Crippen molar-refractivity contribution >= 4 is 11.6 Å². The van der Waals surface area contributed by atoms with Gasteiger partial charge in [0.05, 0.1) is 6.54 Å². The van der Waals surface area contributed by atoms with E-state index in [1.165, 1.54) is 19.3 Å². The normalized spacial score (nSPS) is 18.4. The van der Waals surface area contributed by atoms with Crippen molar-refractivity contribution < 1.29 is 0 Å². The van der Waals surface area contributed by atoms with Gasteiger partial charge in [-0.25, -0.2) is 4.98 Å². The first-order valence-electron chi connectivity index (χ1n) is 8.79. The average Bonchev–Trinajstić information content (AvgIpc) is 3.26. The van der Waals surface area contributed by atoms with E-state index < -0.39 is 0 Å². The molecule has 0 saturated carbocycles. The van der Waals surface area contributed by atoms with Gasteiger partial charge in [0.1, 0.15) is 12.1 Å². The van der Waals surface area contributed by atoms with Crippen LogP contribution in [0.5, 0.6) is 0 Å². The van der Waals surface area contributed by atoms with E-state index in [1.807, 2.05) is 27.7 Å². The second-order valence-corrected chi connectivity index (χ2v) is 6.40. The van der Waals surface area contributed by atoms with Crippen molar-refractivity contribution in [3.05, 3.63) is 36.5 Å². The molecule has 0 bridgehead atoms. The second-order valence-electron chi connectivity index (χ2n) is 6.40. The Hall–Kier alpha value is -2.44. The summed E-state index contributed by atoms with van der Waals surface area (Å²) in [6.07, 6.45) is 11.1. The smallest absolute Gasteiger partial charge is 0.254 e. The van der Waals surface area contributed by atoms with E-state index in [2.05, 4.69) is 38.1 Å². The lowest BCUT2D eigenvalue weighted by Crippen LogP contribution is -2.43. The summed E-state index contributed by atoms with van der Waals surface area (Å²) in [6, 6.07) is 4.59. The van der Waals surface area contributed by atoms with Crippen LogP contribution in [0.15, 0.2) is 30.9 Å². The Morgan fingerprint density at radius 2 is 2.21 bits per heavy atom. The molecule has 0 amide bonds. The zero-order chi connectivity index (χ0) is 16.4. The molecule has 3 aromatic rings. The van der Waals surface area contributed by atoms with Gasteiger partial charge < -0.3 is 4.90 Å². The quantitative estimate of drug-likeness (QED) is 0.720. The van der Waals surface area contributed by atoms with Crippen molar-refractivity contribution in [1.29, 1.82) is 0 Å². The number of aryl methyl sites for hydroxylation is 1. The zero-order valence-electron chi connectivity index (χ0n) is 14.0. The highest BCUT2D eigenvalue weighted by atomic mass is 15.4. The van der Waals surface area contributed by atoms with Gasteiger partial charge in [0.15, 0.2) is 0 Å². The van der Waals surface area contributed by atoms with Gasteiger partial charge in [0.25, 0.3) is 5.78 Å². The van der Waals surface area contributed by atoms with E-state index >= 15 is 0 Å². The Morgan fingerprint density at radius 1 is 1.25 bits per heavy atom. The van der Waals surface area contributed by atoms with Crippen LogP contribution < -0.4 is 4.90 Å². The van der Waals surface area contributed by atoms with Gasteiger partial charge in [-0.1, -0.05) is 13.3 Å². The molecule has 1 aliphatic heterocycles. The molecule has 3 aromatic heterocycles. The molecule has 1 atom stereocenters. The Kier molecular flexibility index (Phi) is 4.15. The first-order valence-corrected chi connectivity index (χ1v) is 8.79. The number of hydrogen-bond acceptors (Lipinski definition) is 5. The van der Waals surface area contributed by atoms with Crippen molar-refractivity contribution in [2.24, 2.45) is 0 Å². The first-order chi connectivity index (χ1) is 11.8. The molecular weight excluding hydrogens is 302 g/mol. The van der Waals surface area contributed by atoms with Gasteiger partial charge in [-0.05, 0) is 31.7 Å². The Balaban J connectivity index is 1.71. The van der Waals surface area contributed by atoms with Crippen LogP contribution in [-0.4, -0.2) is 41.9 Å². The van der Waals surface area contributed by atoms with E-state index in [1.54, 1.807) is 6.33 Å². The molecule has 1 unspecified atom stereocenters. The standard InChI is InChI=1S/C17H23N7/c1-2-6-14-11-16(24-17(21-14)18-13-20-24)23-10-4-3-7-15(23)12-22-9-5-8-19-22/h5,8-9,11,13,15H,2-4,6-7,10,12H2,1H3. The van der Waals surface area contributed by atoms with Crippen LogP contribution in [0, 0.1) is 0 Å². The fraction of sp³-hybridized carbons (Fsp3) is 0.529. The molecule has 126 valence electrons. The molecule has 4 rings (SSSR count). The molecule has 1 aliphatic rings. The molecule has 0 aliphatic carbocycles. The van der Waals surface area contributed by atoms with Gasteiger partial charge in [-0.15, -0.1) is 0 Å². The van der Waals surface area contributed by atoms with E-state index in [-0.39, 0.29) is 0 Å². The lowest BCUT2D eigenvalue weighted by atomic mass is 10.0. The molecule has 7 heteroatoms. The number of aromatic nitrogens is 6. The number of nitrogens with zero attached hydrogens (tertiary/aromatic N) is 7. The van der Waals surface area contributed by atoms with Gasteiger partial charge in [-0.3, -0.25) is 4.68 Å². The summed E-state index contributed by atoms with van der Waals surface area (Å²) in [5.74, 6) is 1.80. The molecule has 7 nitrogen and oxygen atoms in total. The molecule has 24 heavy (non-hydrogen) atoms. The summed E-state index contributed by atoms with van der Waals surface area (Å²) < 4.78 is 3.90. The molecule has 1 saturated heterocycles. The maximum Gasteiger partial charge on any atom is 0.254 e. The molecular formula is C17H23N7. The molecule has 4 heterocycles. The second kappa shape index (κ2) is 6.59. The molecule has 0 N–H and O–H groups in total. The Bertz CT molecular complexity index is 792. The fourth-order valence-corrected chi connectivity index (χ4v) is 3.55. The van der Waals surface area contributed by atoms with Crippen molar-refractivity contribution in [3.8, 4) is 0 Å². The third kappa shape index (κ3) is 2.86. The van der Waals surface area contributed by atoms with Crippen LogP contribution in [0.2, 0.25) is 0 Å². The summed E-state index contributed by atoms with van der Waals surface area (Å²) in [5, 5.41) is 8.79. The number of rotatable bonds is 5. The van der Waals surface area contributed by atoms with Gasteiger partial charge >= 0.3 is 0 Å². The van der Waals surface area contributed by atoms with Crippen LogP contribution in [0.1, 0.15) is 38.3 Å². The molecule has 0 spiro atoms. The number of hydrogen-bond donors (Lipinski definition) is 0. The number of fused-ring (bicyclic) bond motifs is 1. The van der Waals surface area contributed by atoms with Crippen molar-refractivity contribution in [3.63, 3.8) is 0 Å². The minimum Gasteiger partial charge on any atom is -0.352 e. The Labute approximate surface area is 141 Å². The fourth-order valence-electron chi connectivity index (χ4n) is 3.55. The summed E-state index contributed by atoms with van der Waals surface area (Å²) in [4.78, 5) is 11.4. The SMILES string of the molecule is CCCc1cc(N2CCCCC2Cn2cccn2)n2ncnc2n1. The predicted molar refractivity (Wildman–Crippen MR) is 92.0 cm³/mol. The van der Waals surface area contributed by atoms with E-state index in [0.717, 1.165) is 37.4 Å². The number of piperidine rings is 1. The topological polar surface area (TPSA) is 64.1 Å². The van der Waals surface area contributed by atoms with E-state index in [4.69, 9.17) is 0 Å². The largest absolute Gasteiger partial charge is 0.352 e. The van der Waals surface area contributed by atoms with Crippen LogP contribution >= 0.6 is 0 Å². The van der Waals surface area contributed by atoms with Crippen molar-refractivity contribution in [1.82, 2.24) is 29.4 Å². The first kappa shape index (κ1) is 15.1. The maximum absolute atomic E-state index is 4.63. The minimum absolute atomic E-state index is 0.419. The van der Waals surface area contributed by atoms with Crippen LogP contribution in [0.4, 0.5) is 5.82 Å². The monoisotopic (exact) mass is 325 g/mol. The van der Waals surface area contributed by atoms with Crippen LogP contribution in [0.3, 0.4) is 0 Å². The summed E-state index contributed by atoms with van der Waals surface area (Å²) >= 11 is 0. The summed E-state index contributed by atoms with van der Waals surface area (Å²) in [5.41, 5.74) is 1.09. The Morgan fingerprint density at radius 3 is 3.04 bits per heavy atom. The van der Waals surface area contributed by atoms with Crippen LogP contribution in [0.25, 0.3) is 5.78 Å².